The van der Waals surface area contributed by atoms with Gasteiger partial charge in [-0.15, -0.1) is 0 Å². The Bertz CT molecular complexity index is 543. The molecule has 1 N–H and O–H groups in total. The zero-order valence-corrected chi connectivity index (χ0v) is 14.1. The number of methoxy groups -OCH3 is 2. The molecule has 0 bridgehead atoms. The number of halogens is 2. The van der Waals surface area contributed by atoms with Gasteiger partial charge >= 0.3 is 5.97 Å². The van der Waals surface area contributed by atoms with Crippen LogP contribution in [0.1, 0.15) is 12.0 Å². The lowest BCUT2D eigenvalue weighted by Gasteiger charge is -2.24. The summed E-state index contributed by atoms with van der Waals surface area (Å²) in [5.74, 6) is -0.233. The van der Waals surface area contributed by atoms with E-state index in [0.717, 1.165) is 5.56 Å². The molecule has 1 aromatic rings. The topological polar surface area (TPSA) is 59.0 Å². The summed E-state index contributed by atoms with van der Waals surface area (Å²) in [5.41, 5.74) is -0.0806. The van der Waals surface area contributed by atoms with Crippen molar-refractivity contribution in [2.75, 3.05) is 33.9 Å². The minimum atomic E-state index is -0.861. The lowest BCUT2D eigenvalue weighted by molar-refractivity contribution is -0.151. The molecule has 1 heterocycles. The van der Waals surface area contributed by atoms with Gasteiger partial charge in [-0.1, -0.05) is 23.2 Å². The van der Waals surface area contributed by atoms with E-state index in [1.807, 2.05) is 4.90 Å². The standard InChI is InChI=1S/C15H19Cl2NO4/c1-21-9-15(14(19)20)3-4-18(8-15)7-11-12(16)5-10(22-2)6-13(11)17/h5-6H,3-4,7-9H2,1-2H3,(H,19,20). The Kier molecular flexibility index (Phi) is 5.55. The number of hydrogen-bond acceptors (Lipinski definition) is 4. The maximum absolute atomic E-state index is 11.6. The van der Waals surface area contributed by atoms with Crippen molar-refractivity contribution in [2.24, 2.45) is 5.41 Å². The van der Waals surface area contributed by atoms with E-state index < -0.39 is 11.4 Å². The summed E-state index contributed by atoms with van der Waals surface area (Å²) in [5, 5.41) is 10.5. The van der Waals surface area contributed by atoms with Gasteiger partial charge in [0.2, 0.25) is 0 Å². The fourth-order valence-electron chi connectivity index (χ4n) is 2.80. The third-order valence-corrected chi connectivity index (χ3v) is 4.71. The van der Waals surface area contributed by atoms with Gasteiger partial charge in [-0.2, -0.15) is 0 Å². The first kappa shape index (κ1) is 17.3. The lowest BCUT2D eigenvalue weighted by Crippen LogP contribution is -2.38. The average Bonchev–Trinajstić information content (AvgIpc) is 2.87. The Balaban J connectivity index is 2.15. The van der Waals surface area contributed by atoms with Gasteiger partial charge < -0.3 is 14.6 Å². The molecule has 7 heteroatoms. The van der Waals surface area contributed by atoms with Crippen LogP contribution in [0.5, 0.6) is 5.75 Å². The van der Waals surface area contributed by atoms with Crippen molar-refractivity contribution in [1.29, 1.82) is 0 Å². The number of nitrogens with zero attached hydrogens (tertiary/aromatic N) is 1. The molecule has 0 aliphatic carbocycles. The van der Waals surface area contributed by atoms with Crippen LogP contribution in [0, 0.1) is 5.41 Å². The van der Waals surface area contributed by atoms with Gasteiger partial charge in [-0.25, -0.2) is 0 Å². The summed E-state index contributed by atoms with van der Waals surface area (Å²) in [6.45, 7) is 1.77. The molecule has 122 valence electrons. The number of hydrogen-bond donors (Lipinski definition) is 1. The first-order chi connectivity index (χ1) is 10.4. The predicted molar refractivity (Wildman–Crippen MR) is 84.9 cm³/mol. The van der Waals surface area contributed by atoms with Crippen molar-refractivity contribution in [3.05, 3.63) is 27.7 Å². The van der Waals surface area contributed by atoms with Crippen LogP contribution < -0.4 is 4.74 Å². The average molecular weight is 348 g/mol. The number of carbonyl (C=O) groups is 1. The third kappa shape index (κ3) is 3.49. The Morgan fingerprint density at radius 2 is 2.00 bits per heavy atom. The van der Waals surface area contributed by atoms with Crippen molar-refractivity contribution in [3.63, 3.8) is 0 Å². The SMILES string of the molecule is COCC1(C(=O)O)CCN(Cc2c(Cl)cc(OC)cc2Cl)C1. The highest BCUT2D eigenvalue weighted by molar-refractivity contribution is 6.36. The van der Waals surface area contributed by atoms with Crippen molar-refractivity contribution in [1.82, 2.24) is 4.90 Å². The van der Waals surface area contributed by atoms with Gasteiger partial charge in [-0.3, -0.25) is 9.69 Å². The minimum Gasteiger partial charge on any atom is -0.497 e. The van der Waals surface area contributed by atoms with Crippen molar-refractivity contribution >= 4 is 29.2 Å². The largest absolute Gasteiger partial charge is 0.497 e. The van der Waals surface area contributed by atoms with Crippen LogP contribution in [0.3, 0.4) is 0 Å². The fourth-order valence-corrected chi connectivity index (χ4v) is 3.38. The Labute approximate surface area is 139 Å². The molecular weight excluding hydrogens is 329 g/mol. The molecule has 1 unspecified atom stereocenters. The molecule has 22 heavy (non-hydrogen) atoms. The smallest absolute Gasteiger partial charge is 0.313 e. The van der Waals surface area contributed by atoms with E-state index in [1.165, 1.54) is 7.11 Å². The number of aliphatic carboxylic acids is 1. The molecular formula is C15H19Cl2NO4. The highest BCUT2D eigenvalue weighted by atomic mass is 35.5. The summed E-state index contributed by atoms with van der Waals surface area (Å²) < 4.78 is 10.2. The molecule has 0 radical (unpaired) electrons. The van der Waals surface area contributed by atoms with Crippen molar-refractivity contribution in [3.8, 4) is 5.75 Å². The summed E-state index contributed by atoms with van der Waals surface area (Å²) in [6.07, 6.45) is 0.543. The number of likely N-dealkylation sites (tertiary alicyclic amines) is 1. The van der Waals surface area contributed by atoms with Crippen LogP contribution in [0.4, 0.5) is 0 Å². The number of carboxylic acid groups (broad SMARTS) is 1. The number of rotatable bonds is 6. The summed E-state index contributed by atoms with van der Waals surface area (Å²) in [4.78, 5) is 13.6. The highest BCUT2D eigenvalue weighted by Crippen LogP contribution is 2.36. The van der Waals surface area contributed by atoms with Gasteiger partial charge in [0, 0.05) is 25.8 Å². The fraction of sp³-hybridized carbons (Fsp3) is 0.533. The van der Waals surface area contributed by atoms with Gasteiger partial charge in [0.1, 0.15) is 11.2 Å². The molecule has 1 aromatic carbocycles. The molecule has 1 fully saturated rings. The minimum absolute atomic E-state index is 0.197. The maximum atomic E-state index is 11.6. The second-order valence-electron chi connectivity index (χ2n) is 5.55. The van der Waals surface area contributed by atoms with Gasteiger partial charge in [0.05, 0.1) is 23.8 Å². The van der Waals surface area contributed by atoms with E-state index >= 15 is 0 Å². The van der Waals surface area contributed by atoms with E-state index in [0.29, 0.717) is 41.8 Å². The first-order valence-corrected chi connectivity index (χ1v) is 7.64. The Hall–Kier alpha value is -1.01. The molecule has 0 amide bonds. The molecule has 0 spiro atoms. The van der Waals surface area contributed by atoms with E-state index in [4.69, 9.17) is 32.7 Å². The van der Waals surface area contributed by atoms with Gasteiger partial charge in [-0.05, 0) is 25.1 Å². The molecule has 5 nitrogen and oxygen atoms in total. The second-order valence-corrected chi connectivity index (χ2v) is 6.36. The van der Waals surface area contributed by atoms with E-state index in [1.54, 1.807) is 19.2 Å². The van der Waals surface area contributed by atoms with Crippen LogP contribution in [0.25, 0.3) is 0 Å². The zero-order chi connectivity index (χ0) is 16.3. The first-order valence-electron chi connectivity index (χ1n) is 6.88. The summed E-state index contributed by atoms with van der Waals surface area (Å²) >= 11 is 12.5. The van der Waals surface area contributed by atoms with Crippen LogP contribution >= 0.6 is 23.2 Å². The Morgan fingerprint density at radius 3 is 2.50 bits per heavy atom. The second kappa shape index (κ2) is 7.04. The molecule has 2 rings (SSSR count). The molecule has 1 saturated heterocycles. The summed E-state index contributed by atoms with van der Waals surface area (Å²) in [7, 11) is 3.07. The predicted octanol–water partition coefficient (Wildman–Crippen LogP) is 2.93. The molecule has 0 saturated carbocycles. The third-order valence-electron chi connectivity index (χ3n) is 4.04. The van der Waals surface area contributed by atoms with Crippen LogP contribution in [0.15, 0.2) is 12.1 Å². The highest BCUT2D eigenvalue weighted by Gasteiger charge is 2.45. The normalized spacial score (nSPS) is 22.0. The summed E-state index contributed by atoms with van der Waals surface area (Å²) in [6, 6.07) is 3.41. The number of benzene rings is 1. The quantitative estimate of drug-likeness (QED) is 0.857. The molecule has 1 aliphatic rings. The van der Waals surface area contributed by atoms with Gasteiger partial charge in [0.15, 0.2) is 0 Å². The van der Waals surface area contributed by atoms with Crippen LogP contribution in [0.2, 0.25) is 10.0 Å². The number of ether oxygens (including phenoxy) is 2. The maximum Gasteiger partial charge on any atom is 0.313 e. The van der Waals surface area contributed by atoms with E-state index in [-0.39, 0.29) is 6.61 Å². The molecule has 1 aliphatic heterocycles. The monoisotopic (exact) mass is 347 g/mol. The molecule has 1 atom stereocenters. The Morgan fingerprint density at radius 1 is 1.36 bits per heavy atom. The van der Waals surface area contributed by atoms with Crippen molar-refractivity contribution in [2.45, 2.75) is 13.0 Å². The van der Waals surface area contributed by atoms with Crippen molar-refractivity contribution < 1.29 is 19.4 Å². The van der Waals surface area contributed by atoms with E-state index in [2.05, 4.69) is 0 Å². The number of carboxylic acids is 1. The van der Waals surface area contributed by atoms with Gasteiger partial charge in [0.25, 0.3) is 0 Å². The van der Waals surface area contributed by atoms with E-state index in [9.17, 15) is 9.90 Å². The zero-order valence-electron chi connectivity index (χ0n) is 12.6. The van der Waals surface area contributed by atoms with Crippen LogP contribution in [-0.4, -0.2) is 49.9 Å². The van der Waals surface area contributed by atoms with Crippen LogP contribution in [-0.2, 0) is 16.1 Å². The molecule has 0 aromatic heterocycles. The lowest BCUT2D eigenvalue weighted by atomic mass is 9.88.